The number of carbonyl (C=O) groups excluding carboxylic acids is 2. The number of hydrogen-bond acceptors (Lipinski definition) is 8. The summed E-state index contributed by atoms with van der Waals surface area (Å²) >= 11 is 1.13. The van der Waals surface area contributed by atoms with Crippen LogP contribution >= 0.6 is 11.8 Å². The van der Waals surface area contributed by atoms with Gasteiger partial charge in [-0.1, -0.05) is 49.0 Å². The van der Waals surface area contributed by atoms with Gasteiger partial charge in [0.1, 0.15) is 0 Å². The van der Waals surface area contributed by atoms with Gasteiger partial charge in [0, 0.05) is 36.9 Å². The zero-order chi connectivity index (χ0) is 20.6. The highest BCUT2D eigenvalue weighted by Gasteiger charge is 2.27. The lowest BCUT2D eigenvalue weighted by Gasteiger charge is -2.29. The zero-order valence-corrected chi connectivity index (χ0v) is 17.2. The molecule has 1 aliphatic heterocycles. The van der Waals surface area contributed by atoms with Crippen molar-refractivity contribution in [3.05, 3.63) is 42.1 Å². The molecule has 2 aromatic rings. The molecule has 1 saturated heterocycles. The summed E-state index contributed by atoms with van der Waals surface area (Å²) in [6.45, 7) is 5.74. The summed E-state index contributed by atoms with van der Waals surface area (Å²) < 4.78 is 5.22. The Hall–Kier alpha value is -2.43. The van der Waals surface area contributed by atoms with E-state index < -0.39 is 0 Å². The molecule has 0 saturated carbocycles. The molecule has 1 fully saturated rings. The first kappa shape index (κ1) is 21.3. The van der Waals surface area contributed by atoms with E-state index in [1.165, 1.54) is 0 Å². The summed E-state index contributed by atoms with van der Waals surface area (Å²) in [5.41, 5.74) is 0.625. The number of hydrogen-bond donors (Lipinski definition) is 2. The topological polar surface area (TPSA) is 103 Å². The van der Waals surface area contributed by atoms with Crippen LogP contribution < -0.4 is 15.1 Å². The van der Waals surface area contributed by atoms with Crippen LogP contribution in [0.15, 0.2) is 41.1 Å². The molecule has 10 heteroatoms. The average Bonchev–Trinajstić information content (AvgIpc) is 3.21. The Balaban J connectivity index is 1.45. The van der Waals surface area contributed by atoms with E-state index in [-0.39, 0.29) is 29.4 Å². The van der Waals surface area contributed by atoms with Crippen molar-refractivity contribution in [2.45, 2.75) is 6.92 Å². The van der Waals surface area contributed by atoms with E-state index in [1.807, 2.05) is 23.2 Å². The molecule has 0 radical (unpaired) electrons. The highest BCUT2D eigenvalue weighted by atomic mass is 32.2. The van der Waals surface area contributed by atoms with Crippen LogP contribution in [0.4, 0.5) is 5.88 Å². The van der Waals surface area contributed by atoms with Crippen molar-refractivity contribution in [2.24, 2.45) is 5.92 Å². The highest BCUT2D eigenvalue weighted by Crippen LogP contribution is 2.17. The van der Waals surface area contributed by atoms with Gasteiger partial charge < -0.3 is 5.11 Å². The molecule has 0 aliphatic carbocycles. The molecule has 0 unspecified atom stereocenters. The molecule has 2 heterocycles. The first-order valence-corrected chi connectivity index (χ1v) is 10.6. The van der Waals surface area contributed by atoms with Gasteiger partial charge in [0.25, 0.3) is 6.20 Å². The van der Waals surface area contributed by atoms with Crippen LogP contribution in [0.5, 0.6) is 0 Å². The molecule has 9 nitrogen and oxygen atoms in total. The molecule has 1 aliphatic rings. The molecule has 2 N–H and O–H groups in total. The second kappa shape index (κ2) is 10.4. The van der Waals surface area contributed by atoms with Crippen LogP contribution in [0.3, 0.4) is 0 Å². The Labute approximate surface area is 173 Å². The van der Waals surface area contributed by atoms with E-state index in [1.54, 1.807) is 30.0 Å². The number of benzene rings is 1. The predicted octanol–water partition coefficient (Wildman–Crippen LogP) is 0.356. The average molecular weight is 421 g/mol. The molecule has 156 valence electrons. The second-order valence-electron chi connectivity index (χ2n) is 6.86. The first-order chi connectivity index (χ1) is 14.1. The molecule has 0 spiro atoms. The largest absolute Gasteiger partial charge is 0.395 e. The van der Waals surface area contributed by atoms with Gasteiger partial charge >= 0.3 is 5.88 Å². The normalized spacial score (nSPS) is 15.9. The maximum absolute atomic E-state index is 12.4. The number of nitrogens with zero attached hydrogens (tertiary/aromatic N) is 4. The first-order valence-electron chi connectivity index (χ1n) is 9.57. The third-order valence-electron chi connectivity index (χ3n) is 4.68. The minimum Gasteiger partial charge on any atom is -0.395 e. The van der Waals surface area contributed by atoms with Crippen molar-refractivity contribution in [1.82, 2.24) is 10.2 Å². The number of piperazine rings is 1. The van der Waals surface area contributed by atoms with E-state index in [9.17, 15) is 9.59 Å². The molecule has 1 aromatic carbocycles. The molecule has 0 bridgehead atoms. The van der Waals surface area contributed by atoms with Crippen LogP contribution in [0.2, 0.25) is 0 Å². The van der Waals surface area contributed by atoms with Gasteiger partial charge in [0.2, 0.25) is 16.3 Å². The smallest absolute Gasteiger partial charge is 0.305 e. The Morgan fingerprint density at radius 3 is 2.69 bits per heavy atom. The minimum absolute atomic E-state index is 0.0527. The number of aliphatic hydroxyl groups excluding tert-OH is 1. The Kier molecular flexibility index (Phi) is 7.62. The van der Waals surface area contributed by atoms with Crippen molar-refractivity contribution in [1.29, 1.82) is 0 Å². The Morgan fingerprint density at radius 2 is 2.00 bits per heavy atom. The number of nitrogens with one attached hydrogen (secondary N) is 1. The maximum Gasteiger partial charge on any atom is 0.305 e. The van der Waals surface area contributed by atoms with E-state index in [0.717, 1.165) is 37.9 Å². The molecular weight excluding hydrogens is 394 g/mol. The lowest BCUT2D eigenvalue weighted by Crippen LogP contribution is -2.65. The zero-order valence-electron chi connectivity index (χ0n) is 16.4. The summed E-state index contributed by atoms with van der Waals surface area (Å²) in [5, 5.41) is 17.6. The number of rotatable bonds is 8. The number of carbonyl (C=O) groups is 2. The van der Waals surface area contributed by atoms with Crippen molar-refractivity contribution in [3.63, 3.8) is 0 Å². The van der Waals surface area contributed by atoms with Gasteiger partial charge in [-0.2, -0.15) is 5.01 Å². The Morgan fingerprint density at radius 1 is 1.28 bits per heavy atom. The fourth-order valence-electron chi connectivity index (χ4n) is 2.91. The van der Waals surface area contributed by atoms with Gasteiger partial charge in [-0.25, -0.2) is 0 Å². The fraction of sp³-hybridized carbons (Fsp3) is 0.474. The molecule has 3 rings (SSSR count). The van der Waals surface area contributed by atoms with Gasteiger partial charge in [-0.3, -0.25) is 24.3 Å². The summed E-state index contributed by atoms with van der Waals surface area (Å²) in [7, 11) is 0. The summed E-state index contributed by atoms with van der Waals surface area (Å²) in [6, 6.07) is 9.01. The predicted molar refractivity (Wildman–Crippen MR) is 109 cm³/mol. The molecule has 29 heavy (non-hydrogen) atoms. The van der Waals surface area contributed by atoms with Gasteiger partial charge in [-0.15, -0.1) is 0 Å². The minimum atomic E-state index is -0.367. The number of aliphatic hydroxyl groups is 1. The summed E-state index contributed by atoms with van der Waals surface area (Å²) in [6.07, 6.45) is 1.63. The van der Waals surface area contributed by atoms with Gasteiger partial charge in [0.15, 0.2) is 0 Å². The van der Waals surface area contributed by atoms with Crippen LogP contribution in [0, 0.1) is 5.92 Å². The van der Waals surface area contributed by atoms with Gasteiger partial charge in [0.05, 0.1) is 24.5 Å². The lowest BCUT2D eigenvalue weighted by molar-refractivity contribution is -0.759. The number of thioether (sulfide) groups is 1. The third-order valence-corrected chi connectivity index (χ3v) is 5.84. The summed E-state index contributed by atoms with van der Waals surface area (Å²) in [5.74, 6) is 0.0437. The maximum atomic E-state index is 12.4. The highest BCUT2D eigenvalue weighted by molar-refractivity contribution is 8.14. The number of aromatic nitrogens is 2. The molecule has 1 atom stereocenters. The monoisotopic (exact) mass is 420 g/mol. The molecule has 1 aromatic heterocycles. The van der Waals surface area contributed by atoms with E-state index in [0.29, 0.717) is 17.9 Å². The van der Waals surface area contributed by atoms with Crippen LogP contribution in [0.1, 0.15) is 17.3 Å². The fourth-order valence-corrected chi connectivity index (χ4v) is 3.77. The van der Waals surface area contributed by atoms with E-state index >= 15 is 0 Å². The number of amides is 1. The quantitative estimate of drug-likeness (QED) is 0.590. The standard InChI is InChI=1S/C19H25N5O4S/c1-15(14-29-19(27)16-5-3-2-4-6-16)18(26)20-17-13-24(21-28-17)23-9-7-22(8-10-23)11-12-25/h2-6,13,15,25H,7-12,14H2,1H3/p+1/t15-/m1/s1. The van der Waals surface area contributed by atoms with Gasteiger partial charge in [-0.05, 0) is 0 Å². The van der Waals surface area contributed by atoms with Crippen molar-refractivity contribution in [2.75, 3.05) is 55.4 Å². The molecular formula is C19H26N5O4S+. The summed E-state index contributed by atoms with van der Waals surface area (Å²) in [4.78, 5) is 28.3. The van der Waals surface area contributed by atoms with Crippen molar-refractivity contribution in [3.8, 4) is 0 Å². The lowest BCUT2D eigenvalue weighted by atomic mass is 10.2. The van der Waals surface area contributed by atoms with E-state index in [2.05, 4.69) is 15.5 Å². The second-order valence-corrected chi connectivity index (χ2v) is 7.85. The van der Waals surface area contributed by atoms with Crippen molar-refractivity contribution >= 4 is 28.7 Å². The Bertz CT molecular complexity index is 808. The number of β-amino-alcohol motifs (C(OH)–C–C–N with tert-alkyl or cyclic N) is 1. The van der Waals surface area contributed by atoms with Crippen molar-refractivity contribution < 1.29 is 24.0 Å². The number of anilines is 1. The van der Waals surface area contributed by atoms with Crippen LogP contribution in [0.25, 0.3) is 0 Å². The SMILES string of the molecule is C[C@H](CSC(=O)c1ccccc1)C(=O)Nc1c[n+](N2CCN(CCO)CC2)no1. The van der Waals surface area contributed by atoms with Crippen LogP contribution in [-0.4, -0.2) is 71.4 Å². The third kappa shape index (κ3) is 6.02. The van der Waals surface area contributed by atoms with E-state index in [4.69, 9.17) is 9.63 Å². The molecule has 1 amide bonds. The van der Waals surface area contributed by atoms with Crippen LogP contribution in [-0.2, 0) is 4.79 Å².